The van der Waals surface area contributed by atoms with Crippen LogP contribution in [0, 0.1) is 11.3 Å². The van der Waals surface area contributed by atoms with Crippen molar-refractivity contribution in [1.29, 1.82) is 5.26 Å². The molecule has 0 rings (SSSR count). The van der Waals surface area contributed by atoms with Crippen molar-refractivity contribution in [2.24, 2.45) is 0 Å². The van der Waals surface area contributed by atoms with Gasteiger partial charge in [0.25, 0.3) is 0 Å². The van der Waals surface area contributed by atoms with Crippen molar-refractivity contribution in [3.63, 3.8) is 0 Å². The lowest BCUT2D eigenvalue weighted by Gasteiger charge is -2.23. The lowest BCUT2D eigenvalue weighted by Crippen LogP contribution is -2.39. The molecule has 94 valence electrons. The molecule has 0 aliphatic rings. The van der Waals surface area contributed by atoms with Gasteiger partial charge in [0, 0.05) is 26.7 Å². The van der Waals surface area contributed by atoms with Crippen LogP contribution in [0.1, 0.15) is 33.6 Å². The maximum Gasteiger partial charge on any atom is 0.105 e. The van der Waals surface area contributed by atoms with E-state index in [-0.39, 0.29) is 5.60 Å². The number of nitrogens with zero attached hydrogens (tertiary/aromatic N) is 1. The van der Waals surface area contributed by atoms with E-state index in [4.69, 9.17) is 14.7 Å². The second-order valence-electron chi connectivity index (χ2n) is 4.77. The number of rotatable bonds is 8. The van der Waals surface area contributed by atoms with Gasteiger partial charge in [0.2, 0.25) is 0 Å². The summed E-state index contributed by atoms with van der Waals surface area (Å²) in [7, 11) is 3.49. The summed E-state index contributed by atoms with van der Waals surface area (Å²) in [6.07, 6.45) is 1.54. The van der Waals surface area contributed by atoms with Crippen LogP contribution in [0.4, 0.5) is 0 Å². The van der Waals surface area contributed by atoms with E-state index in [9.17, 15) is 0 Å². The first-order valence-electron chi connectivity index (χ1n) is 5.62. The monoisotopic (exact) mass is 228 g/mol. The Morgan fingerprint density at radius 2 is 1.75 bits per heavy atom. The third-order valence-electron chi connectivity index (χ3n) is 2.95. The first kappa shape index (κ1) is 15.4. The van der Waals surface area contributed by atoms with Gasteiger partial charge in [0.1, 0.15) is 5.54 Å². The van der Waals surface area contributed by atoms with Gasteiger partial charge in [-0.1, -0.05) is 0 Å². The Morgan fingerprint density at radius 3 is 2.19 bits per heavy atom. The molecule has 1 N–H and O–H groups in total. The number of nitriles is 1. The maximum absolute atomic E-state index is 8.92. The van der Waals surface area contributed by atoms with Crippen LogP contribution in [0.2, 0.25) is 0 Å². The Labute approximate surface area is 98.9 Å². The number of nitrogens with one attached hydrogen (secondary N) is 1. The first-order chi connectivity index (χ1) is 7.39. The van der Waals surface area contributed by atoms with Crippen LogP contribution < -0.4 is 5.32 Å². The molecule has 0 saturated carbocycles. The summed E-state index contributed by atoms with van der Waals surface area (Å²) in [5, 5.41) is 11.9. The van der Waals surface area contributed by atoms with E-state index in [0.717, 1.165) is 6.42 Å². The molecular weight excluding hydrogens is 204 g/mol. The quantitative estimate of drug-likeness (QED) is 0.643. The SMILES string of the molecule is CNC(C)(C#N)CCOCCC(C)(C)OC. The molecule has 0 aromatic rings. The van der Waals surface area contributed by atoms with Gasteiger partial charge in [0.05, 0.1) is 11.7 Å². The highest BCUT2D eigenvalue weighted by Gasteiger charge is 2.21. The lowest BCUT2D eigenvalue weighted by molar-refractivity contribution is -0.0111. The minimum Gasteiger partial charge on any atom is -0.381 e. The van der Waals surface area contributed by atoms with Gasteiger partial charge in [-0.25, -0.2) is 0 Å². The fraction of sp³-hybridized carbons (Fsp3) is 0.917. The molecule has 0 spiro atoms. The van der Waals surface area contributed by atoms with Crippen molar-refractivity contribution in [2.45, 2.75) is 44.8 Å². The topological polar surface area (TPSA) is 54.3 Å². The molecule has 0 amide bonds. The van der Waals surface area contributed by atoms with E-state index in [0.29, 0.717) is 19.6 Å². The smallest absolute Gasteiger partial charge is 0.105 e. The predicted molar refractivity (Wildman–Crippen MR) is 64.2 cm³/mol. The summed E-state index contributed by atoms with van der Waals surface area (Å²) in [4.78, 5) is 0. The normalized spacial score (nSPS) is 15.5. The molecule has 1 atom stereocenters. The van der Waals surface area contributed by atoms with Gasteiger partial charge in [-0.15, -0.1) is 0 Å². The van der Waals surface area contributed by atoms with Crippen molar-refractivity contribution < 1.29 is 9.47 Å². The summed E-state index contributed by atoms with van der Waals surface area (Å²) in [5.74, 6) is 0. The molecule has 0 aliphatic heterocycles. The number of methoxy groups -OCH3 is 1. The van der Waals surface area contributed by atoms with Crippen LogP contribution in [-0.4, -0.2) is 38.5 Å². The second-order valence-corrected chi connectivity index (χ2v) is 4.77. The van der Waals surface area contributed by atoms with Crippen LogP contribution in [0.25, 0.3) is 0 Å². The zero-order chi connectivity index (χ0) is 12.7. The molecule has 4 nitrogen and oxygen atoms in total. The third kappa shape index (κ3) is 6.06. The molecule has 0 aliphatic carbocycles. The molecule has 0 bridgehead atoms. The van der Waals surface area contributed by atoms with Crippen LogP contribution in [0.3, 0.4) is 0 Å². The van der Waals surface area contributed by atoms with Crippen molar-refractivity contribution in [1.82, 2.24) is 5.32 Å². The predicted octanol–water partition coefficient (Wildman–Crippen LogP) is 1.71. The molecule has 0 aromatic heterocycles. The number of ether oxygens (including phenoxy) is 2. The van der Waals surface area contributed by atoms with E-state index >= 15 is 0 Å². The van der Waals surface area contributed by atoms with E-state index in [2.05, 4.69) is 11.4 Å². The Bertz CT molecular complexity index is 236. The number of hydrogen-bond acceptors (Lipinski definition) is 4. The largest absolute Gasteiger partial charge is 0.381 e. The van der Waals surface area contributed by atoms with Gasteiger partial charge in [0.15, 0.2) is 0 Å². The minimum absolute atomic E-state index is 0.137. The number of hydrogen-bond donors (Lipinski definition) is 1. The lowest BCUT2D eigenvalue weighted by atomic mass is 10.0. The highest BCUT2D eigenvalue weighted by atomic mass is 16.5. The molecular formula is C12H24N2O2. The zero-order valence-electron chi connectivity index (χ0n) is 11.1. The minimum atomic E-state index is -0.489. The summed E-state index contributed by atoms with van der Waals surface area (Å²) in [5.41, 5.74) is -0.627. The Kier molecular flexibility index (Phi) is 6.58. The summed E-state index contributed by atoms with van der Waals surface area (Å²) in [6, 6.07) is 2.23. The Morgan fingerprint density at radius 1 is 1.19 bits per heavy atom. The molecule has 1 unspecified atom stereocenters. The first-order valence-corrected chi connectivity index (χ1v) is 5.62. The molecule has 0 saturated heterocycles. The Balaban J connectivity index is 3.66. The van der Waals surface area contributed by atoms with Crippen molar-refractivity contribution in [2.75, 3.05) is 27.4 Å². The van der Waals surface area contributed by atoms with Crippen LogP contribution in [0.5, 0.6) is 0 Å². The molecule has 16 heavy (non-hydrogen) atoms. The van der Waals surface area contributed by atoms with Crippen molar-refractivity contribution >= 4 is 0 Å². The third-order valence-corrected chi connectivity index (χ3v) is 2.95. The van der Waals surface area contributed by atoms with E-state index in [1.807, 2.05) is 20.8 Å². The molecule has 0 radical (unpaired) electrons. The zero-order valence-corrected chi connectivity index (χ0v) is 11.1. The van der Waals surface area contributed by atoms with Gasteiger partial charge in [-0.2, -0.15) is 5.26 Å². The van der Waals surface area contributed by atoms with E-state index in [1.165, 1.54) is 0 Å². The summed E-state index contributed by atoms with van der Waals surface area (Å²) >= 11 is 0. The van der Waals surface area contributed by atoms with Gasteiger partial charge >= 0.3 is 0 Å². The maximum atomic E-state index is 8.92. The van der Waals surface area contributed by atoms with E-state index in [1.54, 1.807) is 14.2 Å². The highest BCUT2D eigenvalue weighted by molar-refractivity contribution is 5.02. The standard InChI is InChI=1S/C12H24N2O2/c1-11(2,15-5)6-8-16-9-7-12(3,10-13)14-4/h14H,6-9H2,1-5H3. The van der Waals surface area contributed by atoms with Crippen molar-refractivity contribution in [3.05, 3.63) is 0 Å². The second kappa shape index (κ2) is 6.85. The Hall–Kier alpha value is -0.630. The molecule has 0 aromatic carbocycles. The fourth-order valence-electron chi connectivity index (χ4n) is 1.04. The molecule has 0 fully saturated rings. The van der Waals surface area contributed by atoms with Gasteiger partial charge < -0.3 is 14.8 Å². The highest BCUT2D eigenvalue weighted by Crippen LogP contribution is 2.13. The fourth-order valence-corrected chi connectivity index (χ4v) is 1.04. The van der Waals surface area contributed by atoms with Crippen LogP contribution in [-0.2, 0) is 9.47 Å². The average molecular weight is 228 g/mol. The van der Waals surface area contributed by atoms with Gasteiger partial charge in [-0.05, 0) is 34.2 Å². The molecule has 4 heteroatoms. The van der Waals surface area contributed by atoms with Gasteiger partial charge in [-0.3, -0.25) is 0 Å². The summed E-state index contributed by atoms with van der Waals surface area (Å²) in [6.45, 7) is 7.18. The van der Waals surface area contributed by atoms with Crippen LogP contribution in [0.15, 0.2) is 0 Å². The van der Waals surface area contributed by atoms with Crippen molar-refractivity contribution in [3.8, 4) is 6.07 Å². The molecule has 0 heterocycles. The van der Waals surface area contributed by atoms with E-state index < -0.39 is 5.54 Å². The average Bonchev–Trinajstić information content (AvgIpc) is 2.28. The van der Waals surface area contributed by atoms with Crippen LogP contribution >= 0.6 is 0 Å². The summed E-state index contributed by atoms with van der Waals surface area (Å²) < 4.78 is 10.8.